The molecule has 0 aliphatic carbocycles. The first-order valence-electron chi connectivity index (χ1n) is 5.60. The van der Waals surface area contributed by atoms with E-state index in [1.165, 1.54) is 18.2 Å². The lowest BCUT2D eigenvalue weighted by atomic mass is 9.98. The summed E-state index contributed by atoms with van der Waals surface area (Å²) in [7, 11) is 0. The van der Waals surface area contributed by atoms with Gasteiger partial charge >= 0.3 is 12.1 Å². The van der Waals surface area contributed by atoms with Crippen LogP contribution in [0.3, 0.4) is 0 Å². The molecule has 0 saturated carbocycles. The lowest BCUT2D eigenvalue weighted by Crippen LogP contribution is -2.08. The molecule has 0 radical (unpaired) electrons. The van der Waals surface area contributed by atoms with E-state index in [0.717, 1.165) is 6.07 Å². The summed E-state index contributed by atoms with van der Waals surface area (Å²) in [5, 5.41) is 9.24. The summed E-state index contributed by atoms with van der Waals surface area (Å²) in [4.78, 5) is 11.1. The first kappa shape index (κ1) is 15.3. The van der Waals surface area contributed by atoms with Gasteiger partial charge in [0.15, 0.2) is 0 Å². The van der Waals surface area contributed by atoms with E-state index in [-0.39, 0.29) is 21.7 Å². The number of hydrogen-bond donors (Lipinski definition) is 1. The van der Waals surface area contributed by atoms with E-state index in [2.05, 4.69) is 0 Å². The molecule has 2 aromatic rings. The minimum atomic E-state index is -4.81. The van der Waals surface area contributed by atoms with Crippen LogP contribution >= 0.6 is 11.6 Å². The molecule has 0 unspecified atom stereocenters. The van der Waals surface area contributed by atoms with Gasteiger partial charge in [0.2, 0.25) is 0 Å². The molecule has 2 aromatic carbocycles. The minimum Gasteiger partial charge on any atom is -0.478 e. The number of benzene rings is 2. The molecule has 0 aliphatic heterocycles. The highest BCUT2D eigenvalue weighted by Gasteiger charge is 2.34. The molecule has 7 heteroatoms. The highest BCUT2D eigenvalue weighted by atomic mass is 35.5. The average molecular weight is 319 g/mol. The van der Waals surface area contributed by atoms with Gasteiger partial charge in [-0.15, -0.1) is 0 Å². The highest BCUT2D eigenvalue weighted by Crippen LogP contribution is 2.34. The molecule has 0 amide bonds. The molecule has 0 aliphatic rings. The van der Waals surface area contributed by atoms with Crippen LogP contribution in [0, 0.1) is 5.82 Å². The molecule has 21 heavy (non-hydrogen) atoms. The smallest absolute Gasteiger partial charge is 0.419 e. The summed E-state index contributed by atoms with van der Waals surface area (Å²) < 4.78 is 51.1. The molecule has 0 heterocycles. The van der Waals surface area contributed by atoms with Crippen molar-refractivity contribution in [1.29, 1.82) is 0 Å². The van der Waals surface area contributed by atoms with Crippen molar-refractivity contribution in [3.05, 3.63) is 58.4 Å². The Bertz CT molecular complexity index is 711. The van der Waals surface area contributed by atoms with Gasteiger partial charge in [-0.2, -0.15) is 13.2 Å². The Labute approximate surface area is 121 Å². The van der Waals surface area contributed by atoms with E-state index in [4.69, 9.17) is 16.7 Å². The Morgan fingerprint density at radius 3 is 2.29 bits per heavy atom. The number of halogens is 5. The largest absolute Gasteiger partial charge is 0.478 e. The van der Waals surface area contributed by atoms with Crippen LogP contribution in [-0.4, -0.2) is 11.1 Å². The molecule has 110 valence electrons. The van der Waals surface area contributed by atoms with E-state index < -0.39 is 23.5 Å². The normalized spacial score (nSPS) is 11.5. The van der Waals surface area contributed by atoms with Gasteiger partial charge in [-0.1, -0.05) is 17.7 Å². The van der Waals surface area contributed by atoms with Gasteiger partial charge in [0.25, 0.3) is 0 Å². The van der Waals surface area contributed by atoms with E-state index in [0.29, 0.717) is 12.1 Å². The predicted octanol–water partition coefficient (Wildman–Crippen LogP) is 4.86. The van der Waals surface area contributed by atoms with Crippen molar-refractivity contribution in [1.82, 2.24) is 0 Å². The molecule has 0 saturated heterocycles. The summed E-state index contributed by atoms with van der Waals surface area (Å²) in [5.41, 5.74) is -1.55. The van der Waals surface area contributed by atoms with E-state index in [1.807, 2.05) is 0 Å². The Balaban J connectivity index is 2.61. The molecule has 1 N–H and O–H groups in total. The van der Waals surface area contributed by atoms with Crippen molar-refractivity contribution >= 4 is 17.6 Å². The third-order valence-corrected chi connectivity index (χ3v) is 3.03. The van der Waals surface area contributed by atoms with Gasteiger partial charge in [0, 0.05) is 5.02 Å². The van der Waals surface area contributed by atoms with Crippen LogP contribution in [0.2, 0.25) is 5.02 Å². The van der Waals surface area contributed by atoms with Gasteiger partial charge in [-0.05, 0) is 41.5 Å². The Kier molecular flexibility index (Phi) is 3.91. The standard InChI is InChI=1S/C14H7ClF4O2/c15-8-2-3-9(13(20)21)10(6-8)7-1-4-11(12(16)5-7)14(17,18)19/h1-6H,(H,20,21). The molecule has 0 spiro atoms. The maximum Gasteiger partial charge on any atom is 0.419 e. The van der Waals surface area contributed by atoms with Crippen molar-refractivity contribution in [2.45, 2.75) is 6.18 Å². The number of rotatable bonds is 2. The van der Waals surface area contributed by atoms with E-state index in [1.54, 1.807) is 0 Å². The summed E-state index contributed by atoms with van der Waals surface area (Å²) in [5.74, 6) is -2.77. The molecule has 2 nitrogen and oxygen atoms in total. The minimum absolute atomic E-state index is 0.000370. The molecular formula is C14H7ClF4O2. The van der Waals surface area contributed by atoms with Crippen molar-refractivity contribution < 1.29 is 27.5 Å². The first-order chi connectivity index (χ1) is 9.70. The lowest BCUT2D eigenvalue weighted by molar-refractivity contribution is -0.139. The number of alkyl halides is 3. The molecule has 0 atom stereocenters. The fourth-order valence-electron chi connectivity index (χ4n) is 1.85. The maximum absolute atomic E-state index is 13.6. The first-order valence-corrected chi connectivity index (χ1v) is 5.98. The van der Waals surface area contributed by atoms with Crippen LogP contribution in [0.15, 0.2) is 36.4 Å². The monoisotopic (exact) mass is 318 g/mol. The van der Waals surface area contributed by atoms with E-state index in [9.17, 15) is 22.4 Å². The SMILES string of the molecule is O=C(O)c1ccc(Cl)cc1-c1ccc(C(F)(F)F)c(F)c1. The quantitative estimate of drug-likeness (QED) is 0.803. The predicted molar refractivity (Wildman–Crippen MR) is 68.8 cm³/mol. The fourth-order valence-corrected chi connectivity index (χ4v) is 2.03. The second-order valence-corrected chi connectivity index (χ2v) is 4.62. The second-order valence-electron chi connectivity index (χ2n) is 4.19. The number of carboxylic acids is 1. The fraction of sp³-hybridized carbons (Fsp3) is 0.0714. The summed E-state index contributed by atoms with van der Waals surface area (Å²) in [6.45, 7) is 0. The zero-order valence-corrected chi connectivity index (χ0v) is 11.0. The zero-order chi connectivity index (χ0) is 15.8. The van der Waals surface area contributed by atoms with Crippen LogP contribution in [0.5, 0.6) is 0 Å². The van der Waals surface area contributed by atoms with Crippen LogP contribution < -0.4 is 0 Å². The highest BCUT2D eigenvalue weighted by molar-refractivity contribution is 6.31. The van der Waals surface area contributed by atoms with Crippen molar-refractivity contribution in [2.24, 2.45) is 0 Å². The van der Waals surface area contributed by atoms with Crippen molar-refractivity contribution in [2.75, 3.05) is 0 Å². The van der Waals surface area contributed by atoms with Crippen LogP contribution in [0.1, 0.15) is 15.9 Å². The average Bonchev–Trinajstić information content (AvgIpc) is 2.36. The van der Waals surface area contributed by atoms with Crippen molar-refractivity contribution in [3.8, 4) is 11.1 Å². The van der Waals surface area contributed by atoms with Gasteiger partial charge in [-0.25, -0.2) is 9.18 Å². The zero-order valence-electron chi connectivity index (χ0n) is 10.2. The summed E-state index contributed by atoms with van der Waals surface area (Å²) >= 11 is 5.75. The maximum atomic E-state index is 13.6. The third-order valence-electron chi connectivity index (χ3n) is 2.80. The number of carbonyl (C=O) groups is 1. The molecule has 0 bridgehead atoms. The lowest BCUT2D eigenvalue weighted by Gasteiger charge is -2.11. The summed E-state index contributed by atoms with van der Waals surface area (Å²) in [6.07, 6.45) is -4.81. The van der Waals surface area contributed by atoms with E-state index >= 15 is 0 Å². The Morgan fingerprint density at radius 1 is 1.10 bits per heavy atom. The van der Waals surface area contributed by atoms with Gasteiger partial charge in [0.1, 0.15) is 5.82 Å². The van der Waals surface area contributed by atoms with Crippen LogP contribution in [0.25, 0.3) is 11.1 Å². The number of hydrogen-bond acceptors (Lipinski definition) is 1. The third kappa shape index (κ3) is 3.16. The Hall–Kier alpha value is -2.08. The molecule has 0 fully saturated rings. The second kappa shape index (κ2) is 5.37. The number of carboxylic acid groups (broad SMARTS) is 1. The molecular weight excluding hydrogens is 312 g/mol. The Morgan fingerprint density at radius 2 is 1.76 bits per heavy atom. The van der Waals surface area contributed by atoms with Gasteiger partial charge in [0.05, 0.1) is 11.1 Å². The molecule has 0 aromatic heterocycles. The van der Waals surface area contributed by atoms with Crippen molar-refractivity contribution in [3.63, 3.8) is 0 Å². The summed E-state index contributed by atoms with van der Waals surface area (Å²) in [6, 6.07) is 6.00. The van der Waals surface area contributed by atoms with Gasteiger partial charge in [-0.3, -0.25) is 0 Å². The topological polar surface area (TPSA) is 37.3 Å². The number of aromatic carboxylic acids is 1. The van der Waals surface area contributed by atoms with Crippen LogP contribution in [-0.2, 0) is 6.18 Å². The van der Waals surface area contributed by atoms with Gasteiger partial charge < -0.3 is 5.11 Å². The molecule has 2 rings (SSSR count). The van der Waals surface area contributed by atoms with Crippen LogP contribution in [0.4, 0.5) is 17.6 Å².